The Bertz CT molecular complexity index is 1040. The van der Waals surface area contributed by atoms with Gasteiger partial charge in [-0.1, -0.05) is 29.8 Å². The van der Waals surface area contributed by atoms with Crippen molar-refractivity contribution in [2.24, 2.45) is 5.73 Å². The van der Waals surface area contributed by atoms with E-state index in [1.54, 1.807) is 18.2 Å². The molecule has 29 heavy (non-hydrogen) atoms. The van der Waals surface area contributed by atoms with Crippen LogP contribution in [0.1, 0.15) is 11.6 Å². The maximum absolute atomic E-state index is 13.3. The number of hydrogen-bond acceptors (Lipinski definition) is 6. The van der Waals surface area contributed by atoms with Crippen LogP contribution in [0.5, 0.6) is 5.75 Å². The molecule has 0 aliphatic carbocycles. The molecule has 0 bridgehead atoms. The van der Waals surface area contributed by atoms with Crippen LogP contribution in [0.4, 0.5) is 15.0 Å². The van der Waals surface area contributed by atoms with Crippen LogP contribution in [0, 0.1) is 0 Å². The number of benzene rings is 2. The number of amides is 1. The number of rotatable bonds is 6. The van der Waals surface area contributed by atoms with Crippen LogP contribution in [0.25, 0.3) is 10.9 Å². The van der Waals surface area contributed by atoms with E-state index in [0.29, 0.717) is 41.4 Å². The predicted octanol–water partition coefficient (Wildman–Crippen LogP) is 3.55. The van der Waals surface area contributed by atoms with Gasteiger partial charge >= 0.3 is 6.09 Å². The van der Waals surface area contributed by atoms with Crippen molar-refractivity contribution in [3.05, 3.63) is 59.4 Å². The van der Waals surface area contributed by atoms with Gasteiger partial charge in [-0.3, -0.25) is 4.90 Å². The van der Waals surface area contributed by atoms with Gasteiger partial charge in [-0.25, -0.2) is 19.2 Å². The lowest BCUT2D eigenvalue weighted by atomic mass is 10.0. The molecule has 7 nitrogen and oxygen atoms in total. The Morgan fingerprint density at radius 1 is 1.31 bits per heavy atom. The molecule has 3 aromatic rings. The summed E-state index contributed by atoms with van der Waals surface area (Å²) < 4.78 is 18.4. The van der Waals surface area contributed by atoms with Gasteiger partial charge in [0.15, 0.2) is 5.75 Å². The molecular weight excluding hydrogens is 397 g/mol. The van der Waals surface area contributed by atoms with E-state index in [2.05, 4.69) is 15.3 Å². The zero-order valence-corrected chi connectivity index (χ0v) is 16.1. The monoisotopic (exact) mass is 415 g/mol. The second kappa shape index (κ2) is 8.18. The highest BCUT2D eigenvalue weighted by molar-refractivity contribution is 6.30. The van der Waals surface area contributed by atoms with Gasteiger partial charge < -0.3 is 15.8 Å². The van der Waals surface area contributed by atoms with E-state index in [9.17, 15) is 9.18 Å². The number of fused-ring (bicyclic) bond motifs is 1. The maximum Gasteiger partial charge on any atom is 0.410 e. The molecule has 0 saturated carbocycles. The Labute approximate surface area is 171 Å². The van der Waals surface area contributed by atoms with Gasteiger partial charge in [0.05, 0.1) is 6.04 Å². The van der Waals surface area contributed by atoms with E-state index in [4.69, 9.17) is 22.1 Å². The fourth-order valence-corrected chi connectivity index (χ4v) is 3.60. The lowest BCUT2D eigenvalue weighted by Gasteiger charge is -2.37. The third kappa shape index (κ3) is 4.38. The van der Waals surface area contributed by atoms with Gasteiger partial charge in [0.25, 0.3) is 0 Å². The second-order valence-electron chi connectivity index (χ2n) is 6.86. The average Bonchev–Trinajstić information content (AvgIpc) is 2.66. The highest BCUT2D eigenvalue weighted by atomic mass is 35.5. The first-order valence-corrected chi connectivity index (χ1v) is 9.47. The minimum atomic E-state index is -0.916. The topological polar surface area (TPSA) is 93.4 Å². The zero-order chi connectivity index (χ0) is 20.4. The molecule has 2 heterocycles. The quantitative estimate of drug-likeness (QED) is 0.639. The van der Waals surface area contributed by atoms with Crippen molar-refractivity contribution >= 4 is 34.4 Å². The van der Waals surface area contributed by atoms with Gasteiger partial charge in [0, 0.05) is 30.0 Å². The van der Waals surface area contributed by atoms with Crippen molar-refractivity contribution in [1.82, 2.24) is 14.9 Å². The molecule has 0 radical (unpaired) electrons. The van der Waals surface area contributed by atoms with Crippen molar-refractivity contribution in [3.8, 4) is 5.75 Å². The molecule has 1 atom stereocenters. The Morgan fingerprint density at radius 2 is 2.10 bits per heavy atom. The highest BCUT2D eigenvalue weighted by Crippen LogP contribution is 2.31. The Morgan fingerprint density at radius 3 is 2.83 bits per heavy atom. The van der Waals surface area contributed by atoms with E-state index in [-0.39, 0.29) is 11.8 Å². The summed E-state index contributed by atoms with van der Waals surface area (Å²) in [6.45, 7) is 1.39. The van der Waals surface area contributed by atoms with Crippen molar-refractivity contribution < 1.29 is 13.9 Å². The lowest BCUT2D eigenvalue weighted by molar-refractivity contribution is 0.0622. The van der Waals surface area contributed by atoms with Gasteiger partial charge in [-0.2, -0.15) is 0 Å². The second-order valence-corrected chi connectivity index (χ2v) is 7.30. The normalized spacial score (nSPS) is 15.7. The number of anilines is 1. The number of aromatic nitrogens is 2. The summed E-state index contributed by atoms with van der Waals surface area (Å²) >= 11 is 6.18. The third-order valence-corrected chi connectivity index (χ3v) is 4.99. The van der Waals surface area contributed by atoms with Gasteiger partial charge in [0.2, 0.25) is 0 Å². The van der Waals surface area contributed by atoms with Crippen molar-refractivity contribution in [1.29, 1.82) is 0 Å². The third-order valence-electron chi connectivity index (χ3n) is 4.75. The first-order chi connectivity index (χ1) is 14.0. The number of carbonyl (C=O) groups is 1. The number of alkyl halides is 1. The molecular formula is C20H19ClFN5O2. The summed E-state index contributed by atoms with van der Waals surface area (Å²) in [5, 5.41) is 4.70. The molecule has 150 valence electrons. The van der Waals surface area contributed by atoms with E-state index in [1.165, 1.54) is 6.33 Å². The van der Waals surface area contributed by atoms with Gasteiger partial charge in [-0.15, -0.1) is 0 Å². The summed E-state index contributed by atoms with van der Waals surface area (Å²) in [6.07, 6.45) is -0.321. The zero-order valence-electron chi connectivity index (χ0n) is 15.4. The molecule has 0 unspecified atom stereocenters. The maximum atomic E-state index is 13.3. The van der Waals surface area contributed by atoms with E-state index >= 15 is 0 Å². The Balaban J connectivity index is 1.68. The molecule has 1 aliphatic rings. The number of ether oxygens (including phenoxy) is 1. The number of nitrogens with one attached hydrogen (secondary N) is 1. The Hall–Kier alpha value is -2.97. The summed E-state index contributed by atoms with van der Waals surface area (Å²) in [4.78, 5) is 21.8. The van der Waals surface area contributed by atoms with Crippen LogP contribution >= 0.6 is 11.6 Å². The fourth-order valence-electron chi connectivity index (χ4n) is 3.40. The fraction of sp³-hybridized carbons (Fsp3) is 0.250. The SMILES string of the molecule is NC(=O)Oc1cccc2c(N[C@H](CN3CC(F)C3)c3cccc(Cl)c3)ncnc12. The largest absolute Gasteiger partial charge is 0.410 e. The number of para-hydroxylation sites is 1. The molecule has 1 saturated heterocycles. The van der Waals surface area contributed by atoms with Crippen LogP contribution in [0.15, 0.2) is 48.8 Å². The smallest absolute Gasteiger partial charge is 0.408 e. The van der Waals surface area contributed by atoms with E-state index in [0.717, 1.165) is 5.56 Å². The number of carbonyl (C=O) groups excluding carboxylic acids is 1. The van der Waals surface area contributed by atoms with Crippen molar-refractivity contribution in [2.75, 3.05) is 25.0 Å². The molecule has 9 heteroatoms. The molecule has 1 fully saturated rings. The highest BCUT2D eigenvalue weighted by Gasteiger charge is 2.29. The minimum absolute atomic E-state index is 0.181. The summed E-state index contributed by atoms with van der Waals surface area (Å²) in [5.41, 5.74) is 6.56. The van der Waals surface area contributed by atoms with Gasteiger partial charge in [-0.05, 0) is 29.8 Å². The number of nitrogens with two attached hydrogens (primary N) is 1. The number of primary amides is 1. The minimum Gasteiger partial charge on any atom is -0.408 e. The molecule has 1 aromatic heterocycles. The summed E-state index contributed by atoms with van der Waals surface area (Å²) in [5.74, 6) is 0.815. The average molecular weight is 416 g/mol. The number of hydrogen-bond donors (Lipinski definition) is 2. The van der Waals surface area contributed by atoms with Crippen LogP contribution in [-0.2, 0) is 0 Å². The first kappa shape index (κ1) is 19.4. The molecule has 1 amide bonds. The molecule has 0 spiro atoms. The number of nitrogens with zero attached hydrogens (tertiary/aromatic N) is 3. The molecule has 1 aliphatic heterocycles. The predicted molar refractivity (Wildman–Crippen MR) is 109 cm³/mol. The Kier molecular flexibility index (Phi) is 5.46. The molecule has 2 aromatic carbocycles. The first-order valence-electron chi connectivity index (χ1n) is 9.09. The molecule has 3 N–H and O–H groups in total. The summed E-state index contributed by atoms with van der Waals surface area (Å²) in [6, 6.07) is 12.5. The lowest BCUT2D eigenvalue weighted by Crippen LogP contribution is -2.50. The number of halogens is 2. The standard InChI is InChI=1S/C20H19ClFN5O2/c21-13-4-1-3-12(7-13)16(10-27-8-14(22)9-27)26-19-15-5-2-6-17(29-20(23)28)18(15)24-11-25-19/h1-7,11,14,16H,8-10H2,(H2,23,28)(H,24,25,26)/t16-/m1/s1. The van der Waals surface area contributed by atoms with Crippen LogP contribution < -0.4 is 15.8 Å². The van der Waals surface area contributed by atoms with Crippen molar-refractivity contribution in [3.63, 3.8) is 0 Å². The van der Waals surface area contributed by atoms with Gasteiger partial charge in [0.1, 0.15) is 23.8 Å². The van der Waals surface area contributed by atoms with E-state index in [1.807, 2.05) is 29.2 Å². The molecule has 4 rings (SSSR count). The van der Waals surface area contributed by atoms with E-state index < -0.39 is 12.3 Å². The van der Waals surface area contributed by atoms with Crippen LogP contribution in [0.3, 0.4) is 0 Å². The van der Waals surface area contributed by atoms with Crippen LogP contribution in [0.2, 0.25) is 5.02 Å². The van der Waals surface area contributed by atoms with Crippen LogP contribution in [-0.4, -0.2) is 46.8 Å². The summed E-state index contributed by atoms with van der Waals surface area (Å²) in [7, 11) is 0. The number of likely N-dealkylation sites (tertiary alicyclic amines) is 1. The van der Waals surface area contributed by atoms with Crippen molar-refractivity contribution in [2.45, 2.75) is 12.2 Å².